The molecule has 3 aromatic rings. The number of halogens is 1. The first-order valence-corrected chi connectivity index (χ1v) is 8.23. The van der Waals surface area contributed by atoms with E-state index in [0.29, 0.717) is 16.4 Å². The van der Waals surface area contributed by atoms with Gasteiger partial charge >= 0.3 is 0 Å². The number of likely N-dealkylation sites (N-methyl/N-ethyl adjacent to an activating group) is 1. The van der Waals surface area contributed by atoms with Crippen molar-refractivity contribution in [2.45, 2.75) is 13.0 Å². The maximum atomic E-state index is 12.6. The second kappa shape index (κ2) is 5.92. The van der Waals surface area contributed by atoms with Gasteiger partial charge in [-0.15, -0.1) is 0 Å². The lowest BCUT2D eigenvalue weighted by Crippen LogP contribution is -2.26. The minimum Gasteiger partial charge on any atom is -0.345 e. The predicted octanol–water partition coefficient (Wildman–Crippen LogP) is 3.46. The van der Waals surface area contributed by atoms with E-state index in [0.717, 1.165) is 30.6 Å². The molecule has 24 heavy (non-hydrogen) atoms. The highest BCUT2D eigenvalue weighted by molar-refractivity contribution is 6.29. The molecule has 0 unspecified atom stereocenters. The topological polar surface area (TPSA) is 61.0 Å². The molecule has 0 saturated heterocycles. The Morgan fingerprint density at radius 3 is 3.04 bits per heavy atom. The zero-order valence-electron chi connectivity index (χ0n) is 13.3. The molecule has 1 aromatic carbocycles. The van der Waals surface area contributed by atoms with E-state index >= 15 is 0 Å². The number of anilines is 1. The molecule has 6 heteroatoms. The summed E-state index contributed by atoms with van der Waals surface area (Å²) in [4.78, 5) is 22.0. The van der Waals surface area contributed by atoms with Crippen molar-refractivity contribution >= 4 is 34.2 Å². The van der Waals surface area contributed by atoms with Gasteiger partial charge < -0.3 is 15.2 Å². The van der Waals surface area contributed by atoms with E-state index in [1.807, 2.05) is 6.07 Å². The maximum Gasteiger partial charge on any atom is 0.257 e. The zero-order valence-corrected chi connectivity index (χ0v) is 14.0. The van der Waals surface area contributed by atoms with E-state index in [1.165, 1.54) is 11.1 Å². The lowest BCUT2D eigenvalue weighted by molar-refractivity contribution is 0.102. The van der Waals surface area contributed by atoms with Crippen molar-refractivity contribution in [1.82, 2.24) is 14.9 Å². The van der Waals surface area contributed by atoms with E-state index in [1.54, 1.807) is 18.3 Å². The number of fused-ring (bicyclic) bond motifs is 2. The number of amides is 1. The van der Waals surface area contributed by atoms with Crippen LogP contribution in [0.2, 0.25) is 5.15 Å². The van der Waals surface area contributed by atoms with Crippen LogP contribution in [0.1, 0.15) is 21.5 Å². The molecule has 0 fully saturated rings. The van der Waals surface area contributed by atoms with Gasteiger partial charge in [0, 0.05) is 30.4 Å². The fourth-order valence-electron chi connectivity index (χ4n) is 3.14. The average molecular weight is 341 g/mol. The number of benzene rings is 1. The SMILES string of the molecule is CN1CCc2ccc(NC(=O)c3c[nH]c4nc(Cl)ccc34)cc2C1. The number of aromatic amines is 1. The van der Waals surface area contributed by atoms with E-state index in [-0.39, 0.29) is 5.91 Å². The Hall–Kier alpha value is -2.37. The van der Waals surface area contributed by atoms with Crippen molar-refractivity contribution in [3.05, 3.63) is 58.4 Å². The average Bonchev–Trinajstić information content (AvgIpc) is 2.97. The standard InChI is InChI=1S/C18H17ClN4O/c1-23-7-6-11-2-3-13(8-12(11)10-23)21-18(24)15-9-20-17-14(15)4-5-16(19)22-17/h2-5,8-9H,6-7,10H2,1H3,(H,20,22)(H,21,24). The second-order valence-corrected chi connectivity index (χ2v) is 6.55. The van der Waals surface area contributed by atoms with Crippen molar-refractivity contribution in [3.8, 4) is 0 Å². The number of nitrogens with zero attached hydrogens (tertiary/aromatic N) is 2. The first-order chi connectivity index (χ1) is 11.6. The minimum atomic E-state index is -0.158. The molecule has 0 bridgehead atoms. The van der Waals surface area contributed by atoms with Crippen LogP contribution in [-0.2, 0) is 13.0 Å². The summed E-state index contributed by atoms with van der Waals surface area (Å²) < 4.78 is 0. The molecule has 0 aliphatic carbocycles. The molecular formula is C18H17ClN4O. The summed E-state index contributed by atoms with van der Waals surface area (Å²) >= 11 is 5.88. The monoisotopic (exact) mass is 340 g/mol. The fourth-order valence-corrected chi connectivity index (χ4v) is 3.29. The van der Waals surface area contributed by atoms with Gasteiger partial charge in [-0.1, -0.05) is 17.7 Å². The molecular weight excluding hydrogens is 324 g/mol. The summed E-state index contributed by atoms with van der Waals surface area (Å²) in [5.41, 5.74) is 4.61. The van der Waals surface area contributed by atoms with Crippen LogP contribution in [0.25, 0.3) is 11.0 Å². The third-order valence-corrected chi connectivity index (χ3v) is 4.63. The van der Waals surface area contributed by atoms with Gasteiger partial charge in [-0.3, -0.25) is 4.79 Å². The van der Waals surface area contributed by atoms with Gasteiger partial charge in [-0.25, -0.2) is 4.98 Å². The third kappa shape index (κ3) is 2.77. The highest BCUT2D eigenvalue weighted by Crippen LogP contribution is 2.24. The van der Waals surface area contributed by atoms with E-state index in [9.17, 15) is 4.79 Å². The molecule has 4 rings (SSSR count). The Labute approximate surface area is 144 Å². The van der Waals surface area contributed by atoms with Crippen molar-refractivity contribution in [1.29, 1.82) is 0 Å². The molecule has 0 saturated carbocycles. The first kappa shape index (κ1) is 15.2. The normalized spacial score (nSPS) is 14.6. The van der Waals surface area contributed by atoms with Crippen molar-refractivity contribution in [2.75, 3.05) is 18.9 Å². The Morgan fingerprint density at radius 1 is 1.29 bits per heavy atom. The van der Waals surface area contributed by atoms with Gasteiger partial charge in [-0.2, -0.15) is 0 Å². The highest BCUT2D eigenvalue weighted by Gasteiger charge is 2.16. The number of rotatable bonds is 2. The molecule has 3 heterocycles. The predicted molar refractivity (Wildman–Crippen MR) is 95.5 cm³/mol. The van der Waals surface area contributed by atoms with Gasteiger partial charge in [0.2, 0.25) is 0 Å². The van der Waals surface area contributed by atoms with Gasteiger partial charge in [0.1, 0.15) is 10.8 Å². The number of nitrogens with one attached hydrogen (secondary N) is 2. The number of aromatic nitrogens is 2. The molecule has 0 radical (unpaired) electrons. The first-order valence-electron chi connectivity index (χ1n) is 7.85. The summed E-state index contributed by atoms with van der Waals surface area (Å²) in [5.74, 6) is -0.158. The molecule has 1 aliphatic rings. The van der Waals surface area contributed by atoms with Crippen molar-refractivity contribution < 1.29 is 4.79 Å². The molecule has 122 valence electrons. The minimum absolute atomic E-state index is 0.158. The van der Waals surface area contributed by atoms with Crippen LogP contribution >= 0.6 is 11.6 Å². The Kier molecular flexibility index (Phi) is 3.75. The van der Waals surface area contributed by atoms with Gasteiger partial charge in [0.25, 0.3) is 5.91 Å². The van der Waals surface area contributed by atoms with Gasteiger partial charge in [0.05, 0.1) is 5.56 Å². The number of carbonyl (C=O) groups excluding carboxylic acids is 1. The van der Waals surface area contributed by atoms with E-state index < -0.39 is 0 Å². The smallest absolute Gasteiger partial charge is 0.257 e. The van der Waals surface area contributed by atoms with Gasteiger partial charge in [-0.05, 0) is 48.9 Å². The second-order valence-electron chi connectivity index (χ2n) is 6.16. The molecule has 2 aromatic heterocycles. The Balaban J connectivity index is 1.60. The van der Waals surface area contributed by atoms with Crippen LogP contribution < -0.4 is 5.32 Å². The summed E-state index contributed by atoms with van der Waals surface area (Å²) in [7, 11) is 2.11. The summed E-state index contributed by atoms with van der Waals surface area (Å²) in [5, 5.41) is 4.13. The lowest BCUT2D eigenvalue weighted by Gasteiger charge is -2.25. The number of carbonyl (C=O) groups is 1. The summed E-state index contributed by atoms with van der Waals surface area (Å²) in [6.45, 7) is 1.98. The van der Waals surface area contributed by atoms with Crippen LogP contribution in [0.15, 0.2) is 36.5 Å². The molecule has 2 N–H and O–H groups in total. The number of hydrogen-bond donors (Lipinski definition) is 2. The number of H-pyrrole nitrogens is 1. The third-order valence-electron chi connectivity index (χ3n) is 4.42. The summed E-state index contributed by atoms with van der Waals surface area (Å²) in [6.07, 6.45) is 2.71. The van der Waals surface area contributed by atoms with Crippen molar-refractivity contribution in [3.63, 3.8) is 0 Å². The molecule has 0 spiro atoms. The largest absolute Gasteiger partial charge is 0.345 e. The fraction of sp³-hybridized carbons (Fsp3) is 0.222. The zero-order chi connectivity index (χ0) is 16.7. The van der Waals surface area contributed by atoms with Crippen LogP contribution in [0, 0.1) is 0 Å². The van der Waals surface area contributed by atoms with Crippen LogP contribution in [-0.4, -0.2) is 34.4 Å². The highest BCUT2D eigenvalue weighted by atomic mass is 35.5. The van der Waals surface area contributed by atoms with Crippen LogP contribution in [0.5, 0.6) is 0 Å². The number of pyridine rings is 1. The quantitative estimate of drug-likeness (QED) is 0.702. The summed E-state index contributed by atoms with van der Waals surface area (Å²) in [6, 6.07) is 9.62. The lowest BCUT2D eigenvalue weighted by atomic mass is 9.99. The Bertz CT molecular complexity index is 934. The van der Waals surface area contributed by atoms with Crippen LogP contribution in [0.3, 0.4) is 0 Å². The van der Waals surface area contributed by atoms with E-state index in [4.69, 9.17) is 11.6 Å². The maximum absolute atomic E-state index is 12.6. The van der Waals surface area contributed by atoms with Crippen LogP contribution in [0.4, 0.5) is 5.69 Å². The molecule has 1 amide bonds. The molecule has 0 atom stereocenters. The number of hydrogen-bond acceptors (Lipinski definition) is 3. The molecule has 5 nitrogen and oxygen atoms in total. The van der Waals surface area contributed by atoms with E-state index in [2.05, 4.69) is 39.4 Å². The van der Waals surface area contributed by atoms with Gasteiger partial charge in [0.15, 0.2) is 0 Å². The van der Waals surface area contributed by atoms with Crippen molar-refractivity contribution in [2.24, 2.45) is 0 Å². The Morgan fingerprint density at radius 2 is 2.17 bits per heavy atom. The molecule has 1 aliphatic heterocycles.